The third-order valence-corrected chi connectivity index (χ3v) is 5.38. The maximum absolute atomic E-state index is 4.38. The first kappa shape index (κ1) is 16.0. The van der Waals surface area contributed by atoms with Crippen LogP contribution in [0.3, 0.4) is 0 Å². The van der Waals surface area contributed by atoms with Crippen LogP contribution in [0.25, 0.3) is 0 Å². The smallest absolute Gasteiger partial charge is 0.0765 e. The van der Waals surface area contributed by atoms with Crippen molar-refractivity contribution in [3.8, 4) is 0 Å². The Hall–Kier alpha value is -0.870. The summed E-state index contributed by atoms with van der Waals surface area (Å²) in [6, 6.07) is 2.18. The van der Waals surface area contributed by atoms with E-state index >= 15 is 0 Å². The van der Waals surface area contributed by atoms with E-state index in [0.717, 1.165) is 24.3 Å². The molecule has 1 N–H and O–H groups in total. The van der Waals surface area contributed by atoms with Crippen LogP contribution in [0.4, 0.5) is 0 Å². The number of rotatable bonds is 5. The lowest BCUT2D eigenvalue weighted by atomic mass is 9.83. The number of aromatic nitrogens is 2. The van der Waals surface area contributed by atoms with Gasteiger partial charge in [-0.1, -0.05) is 13.8 Å². The van der Waals surface area contributed by atoms with E-state index in [9.17, 15) is 0 Å². The summed E-state index contributed by atoms with van der Waals surface area (Å²) in [6.45, 7) is 14.2. The number of H-pyrrole nitrogens is 1. The highest BCUT2D eigenvalue weighted by Crippen LogP contribution is 2.32. The summed E-state index contributed by atoms with van der Waals surface area (Å²) in [7, 11) is 0. The lowest BCUT2D eigenvalue weighted by Crippen LogP contribution is -2.38. The van der Waals surface area contributed by atoms with E-state index in [1.807, 2.05) is 0 Å². The fourth-order valence-electron chi connectivity index (χ4n) is 4.30. The molecular weight excluding hydrogens is 272 g/mol. The minimum absolute atomic E-state index is 0.802. The number of nitrogens with one attached hydrogen (secondary N) is 1. The van der Waals surface area contributed by atoms with E-state index in [1.165, 1.54) is 63.4 Å². The molecule has 124 valence electrons. The zero-order valence-corrected chi connectivity index (χ0v) is 14.5. The molecular formula is C18H32N4. The molecule has 0 amide bonds. The van der Waals surface area contributed by atoms with Crippen molar-refractivity contribution in [1.29, 1.82) is 0 Å². The molecule has 1 unspecified atom stereocenters. The standard InChI is InChI=1S/C18H32N4/c1-14(2)11-21-7-4-16(5-8-21)17-6-9-22(12-17)13-18-10-15(3)19-20-18/h10,14,16-17H,4-9,11-13H2,1-3H3,(H,19,20). The largest absolute Gasteiger partial charge is 0.303 e. The second-order valence-electron chi connectivity index (χ2n) is 7.86. The Labute approximate surface area is 135 Å². The number of nitrogens with zero attached hydrogens (tertiary/aromatic N) is 3. The molecule has 1 aromatic heterocycles. The van der Waals surface area contributed by atoms with Crippen LogP contribution in [0.2, 0.25) is 0 Å². The SMILES string of the molecule is Cc1cc(CN2CCC(C3CCN(CC(C)C)CC3)C2)n[nH]1. The number of hydrogen-bond donors (Lipinski definition) is 1. The van der Waals surface area contributed by atoms with Crippen LogP contribution in [-0.4, -0.2) is 52.7 Å². The van der Waals surface area contributed by atoms with Gasteiger partial charge in [0.15, 0.2) is 0 Å². The van der Waals surface area contributed by atoms with Crippen molar-refractivity contribution in [3.63, 3.8) is 0 Å². The van der Waals surface area contributed by atoms with Gasteiger partial charge in [-0.05, 0) is 69.6 Å². The second-order valence-corrected chi connectivity index (χ2v) is 7.86. The maximum atomic E-state index is 4.38. The van der Waals surface area contributed by atoms with E-state index < -0.39 is 0 Å². The molecule has 0 saturated carbocycles. The van der Waals surface area contributed by atoms with Crippen LogP contribution < -0.4 is 0 Å². The Morgan fingerprint density at radius 3 is 2.45 bits per heavy atom. The van der Waals surface area contributed by atoms with Gasteiger partial charge in [-0.25, -0.2) is 0 Å². The fraction of sp³-hybridized carbons (Fsp3) is 0.833. The molecule has 4 nitrogen and oxygen atoms in total. The van der Waals surface area contributed by atoms with Crippen LogP contribution in [0, 0.1) is 24.7 Å². The number of hydrogen-bond acceptors (Lipinski definition) is 3. The Bertz CT molecular complexity index is 459. The zero-order valence-electron chi connectivity index (χ0n) is 14.5. The first-order chi connectivity index (χ1) is 10.6. The monoisotopic (exact) mass is 304 g/mol. The van der Waals surface area contributed by atoms with Gasteiger partial charge in [-0.3, -0.25) is 10.00 Å². The first-order valence-corrected chi connectivity index (χ1v) is 9.05. The topological polar surface area (TPSA) is 35.2 Å². The molecule has 4 heteroatoms. The van der Waals surface area contributed by atoms with Crippen LogP contribution >= 0.6 is 0 Å². The zero-order chi connectivity index (χ0) is 15.5. The summed E-state index contributed by atoms with van der Waals surface area (Å²) >= 11 is 0. The minimum Gasteiger partial charge on any atom is -0.303 e. The van der Waals surface area contributed by atoms with E-state index in [2.05, 4.69) is 46.8 Å². The molecule has 2 aliphatic heterocycles. The van der Waals surface area contributed by atoms with Crippen molar-refractivity contribution < 1.29 is 0 Å². The molecule has 0 radical (unpaired) electrons. The molecule has 2 aliphatic rings. The van der Waals surface area contributed by atoms with Crippen LogP contribution in [-0.2, 0) is 6.54 Å². The summed E-state index contributed by atoms with van der Waals surface area (Å²) in [4.78, 5) is 5.27. The first-order valence-electron chi connectivity index (χ1n) is 9.05. The Morgan fingerprint density at radius 1 is 1.14 bits per heavy atom. The number of piperidine rings is 1. The molecule has 3 rings (SSSR count). The van der Waals surface area contributed by atoms with Crippen molar-refractivity contribution in [3.05, 3.63) is 17.5 Å². The minimum atomic E-state index is 0.802. The Morgan fingerprint density at radius 2 is 1.82 bits per heavy atom. The molecule has 0 aromatic carbocycles. The third-order valence-electron chi connectivity index (χ3n) is 5.38. The summed E-state index contributed by atoms with van der Waals surface area (Å²) in [6.07, 6.45) is 4.21. The van der Waals surface area contributed by atoms with Gasteiger partial charge < -0.3 is 4.90 Å². The maximum Gasteiger partial charge on any atom is 0.0765 e. The average molecular weight is 304 g/mol. The van der Waals surface area contributed by atoms with E-state index in [-0.39, 0.29) is 0 Å². The van der Waals surface area contributed by atoms with Gasteiger partial charge in [-0.15, -0.1) is 0 Å². The second kappa shape index (κ2) is 7.14. The fourth-order valence-corrected chi connectivity index (χ4v) is 4.30. The highest BCUT2D eigenvalue weighted by molar-refractivity contribution is 5.06. The predicted molar refractivity (Wildman–Crippen MR) is 90.7 cm³/mol. The highest BCUT2D eigenvalue weighted by atomic mass is 15.2. The molecule has 2 saturated heterocycles. The highest BCUT2D eigenvalue weighted by Gasteiger charge is 2.32. The van der Waals surface area contributed by atoms with E-state index in [4.69, 9.17) is 0 Å². The molecule has 0 bridgehead atoms. The van der Waals surface area contributed by atoms with E-state index in [0.29, 0.717) is 0 Å². The van der Waals surface area contributed by atoms with Gasteiger partial charge >= 0.3 is 0 Å². The van der Waals surface area contributed by atoms with Gasteiger partial charge in [0.2, 0.25) is 0 Å². The van der Waals surface area contributed by atoms with Crippen LogP contribution in [0.5, 0.6) is 0 Å². The Kier molecular flexibility index (Phi) is 5.19. The van der Waals surface area contributed by atoms with Gasteiger partial charge in [0, 0.05) is 25.3 Å². The van der Waals surface area contributed by atoms with Gasteiger partial charge in [0.05, 0.1) is 5.69 Å². The molecule has 2 fully saturated rings. The molecule has 3 heterocycles. The lowest BCUT2D eigenvalue weighted by Gasteiger charge is -2.35. The van der Waals surface area contributed by atoms with Crippen LogP contribution in [0.15, 0.2) is 6.07 Å². The summed E-state index contributed by atoms with van der Waals surface area (Å²) in [5, 5.41) is 7.44. The van der Waals surface area contributed by atoms with Crippen molar-refractivity contribution in [2.75, 3.05) is 32.7 Å². The lowest BCUT2D eigenvalue weighted by molar-refractivity contribution is 0.135. The van der Waals surface area contributed by atoms with Crippen molar-refractivity contribution in [2.45, 2.75) is 46.6 Å². The number of aromatic amines is 1. The Balaban J connectivity index is 1.43. The van der Waals surface area contributed by atoms with Gasteiger partial charge in [-0.2, -0.15) is 5.10 Å². The van der Waals surface area contributed by atoms with Crippen molar-refractivity contribution >= 4 is 0 Å². The molecule has 0 spiro atoms. The van der Waals surface area contributed by atoms with Gasteiger partial charge in [0.1, 0.15) is 0 Å². The number of aryl methyl sites for hydroxylation is 1. The summed E-state index contributed by atoms with van der Waals surface area (Å²) in [5.74, 6) is 2.67. The molecule has 1 atom stereocenters. The van der Waals surface area contributed by atoms with Crippen molar-refractivity contribution in [2.24, 2.45) is 17.8 Å². The quantitative estimate of drug-likeness (QED) is 0.908. The summed E-state index contributed by atoms with van der Waals surface area (Å²) in [5.41, 5.74) is 2.37. The number of likely N-dealkylation sites (tertiary alicyclic amines) is 2. The van der Waals surface area contributed by atoms with Gasteiger partial charge in [0.25, 0.3) is 0 Å². The molecule has 0 aliphatic carbocycles. The predicted octanol–water partition coefficient (Wildman–Crippen LogP) is 2.91. The summed E-state index contributed by atoms with van der Waals surface area (Å²) < 4.78 is 0. The van der Waals surface area contributed by atoms with Crippen LogP contribution in [0.1, 0.15) is 44.5 Å². The van der Waals surface area contributed by atoms with Crippen molar-refractivity contribution in [1.82, 2.24) is 20.0 Å². The normalized spacial score (nSPS) is 25.4. The van der Waals surface area contributed by atoms with E-state index in [1.54, 1.807) is 0 Å². The third kappa shape index (κ3) is 4.11. The molecule has 22 heavy (non-hydrogen) atoms. The average Bonchev–Trinajstić information content (AvgIpc) is 3.09. The molecule has 1 aromatic rings.